The Kier molecular flexibility index (Phi) is 13.0. The number of nitrogens with one attached hydrogen (secondary N) is 1. The molecule has 0 aliphatic heterocycles. The standard InChI is InChI=1S/C16H27NO2.C2H2O4/c1-3-14(2)15-6-8-16(9-7-15)19-13-5-4-10-17-11-12-18;3-1(4)2(5)6/h6-9,14,17-18H,3-5,10-13H2,1-2H3;(H,3,4)(H,5,6). The minimum Gasteiger partial charge on any atom is -0.494 e. The highest BCUT2D eigenvalue weighted by Gasteiger charge is 2.04. The van der Waals surface area contributed by atoms with Gasteiger partial charge in [-0.15, -0.1) is 0 Å². The van der Waals surface area contributed by atoms with Gasteiger partial charge in [-0.1, -0.05) is 26.0 Å². The molecule has 0 amide bonds. The van der Waals surface area contributed by atoms with Crippen LogP contribution in [-0.2, 0) is 9.59 Å². The highest BCUT2D eigenvalue weighted by atomic mass is 16.5. The third-order valence-electron chi connectivity index (χ3n) is 3.55. The van der Waals surface area contributed by atoms with Gasteiger partial charge in [-0.05, 0) is 49.4 Å². The molecule has 0 saturated carbocycles. The SMILES string of the molecule is CCC(C)c1ccc(OCCCCNCCO)cc1.O=C(O)C(=O)O. The number of carboxylic acid groups (broad SMARTS) is 2. The summed E-state index contributed by atoms with van der Waals surface area (Å²) in [6.45, 7) is 7.03. The van der Waals surface area contributed by atoms with Crippen LogP contribution < -0.4 is 10.1 Å². The molecule has 1 atom stereocenters. The summed E-state index contributed by atoms with van der Waals surface area (Å²) < 4.78 is 5.70. The fourth-order valence-electron chi connectivity index (χ4n) is 1.87. The molecule has 0 bridgehead atoms. The van der Waals surface area contributed by atoms with Crippen molar-refractivity contribution in [3.05, 3.63) is 29.8 Å². The summed E-state index contributed by atoms with van der Waals surface area (Å²) in [4.78, 5) is 18.2. The van der Waals surface area contributed by atoms with E-state index in [9.17, 15) is 0 Å². The van der Waals surface area contributed by atoms with Crippen molar-refractivity contribution in [1.29, 1.82) is 0 Å². The first-order chi connectivity index (χ1) is 11.9. The summed E-state index contributed by atoms with van der Waals surface area (Å²) in [5.41, 5.74) is 1.38. The number of aliphatic hydroxyl groups excluding tert-OH is 1. The minimum absolute atomic E-state index is 0.207. The Morgan fingerprint density at radius 3 is 2.16 bits per heavy atom. The van der Waals surface area contributed by atoms with E-state index in [0.717, 1.165) is 31.7 Å². The van der Waals surface area contributed by atoms with Crippen molar-refractivity contribution in [3.63, 3.8) is 0 Å². The molecule has 0 aliphatic rings. The average molecular weight is 355 g/mol. The maximum Gasteiger partial charge on any atom is 0.414 e. The van der Waals surface area contributed by atoms with Crippen LogP contribution in [0.25, 0.3) is 0 Å². The first kappa shape index (κ1) is 22.9. The zero-order valence-electron chi connectivity index (χ0n) is 14.9. The average Bonchev–Trinajstić information content (AvgIpc) is 2.61. The summed E-state index contributed by atoms with van der Waals surface area (Å²) in [6.07, 6.45) is 3.28. The second-order valence-electron chi connectivity index (χ2n) is 5.52. The molecule has 1 aromatic rings. The molecule has 1 unspecified atom stereocenters. The van der Waals surface area contributed by atoms with Gasteiger partial charge in [0.25, 0.3) is 0 Å². The number of hydrogen-bond donors (Lipinski definition) is 4. The van der Waals surface area contributed by atoms with Gasteiger partial charge in [-0.25, -0.2) is 9.59 Å². The van der Waals surface area contributed by atoms with Crippen molar-refractivity contribution in [1.82, 2.24) is 5.32 Å². The van der Waals surface area contributed by atoms with Crippen LogP contribution in [0.15, 0.2) is 24.3 Å². The van der Waals surface area contributed by atoms with Crippen LogP contribution >= 0.6 is 0 Å². The molecular formula is C18H29NO6. The maximum absolute atomic E-state index is 9.10. The Balaban J connectivity index is 0.000000823. The molecule has 1 aromatic carbocycles. The van der Waals surface area contributed by atoms with E-state index in [1.807, 2.05) is 0 Å². The summed E-state index contributed by atoms with van der Waals surface area (Å²) >= 11 is 0. The Bertz CT molecular complexity index is 477. The molecule has 0 spiro atoms. The van der Waals surface area contributed by atoms with Crippen LogP contribution in [0.5, 0.6) is 5.75 Å². The third kappa shape index (κ3) is 12.0. The first-order valence-corrected chi connectivity index (χ1v) is 8.42. The van der Waals surface area contributed by atoms with Crippen molar-refractivity contribution in [2.75, 3.05) is 26.3 Å². The van der Waals surface area contributed by atoms with E-state index in [0.29, 0.717) is 12.5 Å². The predicted molar refractivity (Wildman–Crippen MR) is 95.1 cm³/mol. The van der Waals surface area contributed by atoms with E-state index in [1.165, 1.54) is 12.0 Å². The number of aliphatic carboxylic acids is 2. The Morgan fingerprint density at radius 2 is 1.68 bits per heavy atom. The topological polar surface area (TPSA) is 116 Å². The third-order valence-corrected chi connectivity index (χ3v) is 3.55. The molecule has 0 radical (unpaired) electrons. The zero-order chi connectivity index (χ0) is 19.1. The lowest BCUT2D eigenvalue weighted by molar-refractivity contribution is -0.159. The van der Waals surface area contributed by atoms with Gasteiger partial charge in [0, 0.05) is 6.54 Å². The van der Waals surface area contributed by atoms with Crippen molar-refractivity contribution in [3.8, 4) is 5.75 Å². The molecule has 0 aliphatic carbocycles. The van der Waals surface area contributed by atoms with Crippen LogP contribution in [0.3, 0.4) is 0 Å². The first-order valence-electron chi connectivity index (χ1n) is 8.42. The fourth-order valence-corrected chi connectivity index (χ4v) is 1.87. The maximum atomic E-state index is 9.10. The van der Waals surface area contributed by atoms with Crippen LogP contribution in [0.4, 0.5) is 0 Å². The smallest absolute Gasteiger partial charge is 0.414 e. The van der Waals surface area contributed by atoms with Crippen molar-refractivity contribution >= 4 is 11.9 Å². The highest BCUT2D eigenvalue weighted by Crippen LogP contribution is 2.21. The monoisotopic (exact) mass is 355 g/mol. The van der Waals surface area contributed by atoms with Gasteiger partial charge < -0.3 is 25.4 Å². The van der Waals surface area contributed by atoms with Crippen molar-refractivity contribution in [2.45, 2.75) is 39.0 Å². The normalized spacial score (nSPS) is 11.2. The van der Waals surface area contributed by atoms with Crippen LogP contribution in [-0.4, -0.2) is 53.6 Å². The van der Waals surface area contributed by atoms with E-state index >= 15 is 0 Å². The molecule has 4 N–H and O–H groups in total. The molecule has 1 rings (SSSR count). The Hall–Kier alpha value is -2.12. The number of ether oxygens (including phenoxy) is 1. The van der Waals surface area contributed by atoms with Crippen LogP contribution in [0.2, 0.25) is 0 Å². The molecular weight excluding hydrogens is 326 g/mol. The molecule has 7 nitrogen and oxygen atoms in total. The van der Waals surface area contributed by atoms with Crippen molar-refractivity contribution in [2.24, 2.45) is 0 Å². The molecule has 0 heterocycles. The van der Waals surface area contributed by atoms with Gasteiger partial charge in [0.15, 0.2) is 0 Å². The lowest BCUT2D eigenvalue weighted by Crippen LogP contribution is -2.19. The van der Waals surface area contributed by atoms with Crippen LogP contribution in [0.1, 0.15) is 44.6 Å². The summed E-state index contributed by atoms with van der Waals surface area (Å²) in [5, 5.41) is 26.5. The quantitative estimate of drug-likeness (QED) is 0.375. The molecule has 0 aromatic heterocycles. The van der Waals surface area contributed by atoms with E-state index in [-0.39, 0.29) is 6.61 Å². The summed E-state index contributed by atoms with van der Waals surface area (Å²) in [6, 6.07) is 8.44. The number of benzene rings is 1. The summed E-state index contributed by atoms with van der Waals surface area (Å²) in [5.74, 6) is -2.08. The number of carboxylic acids is 2. The van der Waals surface area contributed by atoms with E-state index in [4.69, 9.17) is 29.6 Å². The summed E-state index contributed by atoms with van der Waals surface area (Å²) in [7, 11) is 0. The second kappa shape index (κ2) is 14.2. The number of aliphatic hydroxyl groups is 1. The molecule has 7 heteroatoms. The van der Waals surface area contributed by atoms with Gasteiger partial charge in [-0.2, -0.15) is 0 Å². The molecule has 0 fully saturated rings. The van der Waals surface area contributed by atoms with Crippen LogP contribution in [0, 0.1) is 0 Å². The fraction of sp³-hybridized carbons (Fsp3) is 0.556. The van der Waals surface area contributed by atoms with Gasteiger partial charge >= 0.3 is 11.9 Å². The Labute approximate surface area is 148 Å². The van der Waals surface area contributed by atoms with Gasteiger partial charge in [0.05, 0.1) is 13.2 Å². The molecule has 142 valence electrons. The number of unbranched alkanes of at least 4 members (excludes halogenated alkanes) is 1. The molecule has 25 heavy (non-hydrogen) atoms. The zero-order valence-corrected chi connectivity index (χ0v) is 14.9. The predicted octanol–water partition coefficient (Wildman–Crippen LogP) is 2.10. The second-order valence-corrected chi connectivity index (χ2v) is 5.52. The van der Waals surface area contributed by atoms with E-state index < -0.39 is 11.9 Å². The van der Waals surface area contributed by atoms with E-state index in [1.54, 1.807) is 0 Å². The Morgan fingerprint density at radius 1 is 1.08 bits per heavy atom. The lowest BCUT2D eigenvalue weighted by atomic mass is 9.99. The van der Waals surface area contributed by atoms with E-state index in [2.05, 4.69) is 43.4 Å². The van der Waals surface area contributed by atoms with Gasteiger partial charge in [-0.3, -0.25) is 0 Å². The largest absolute Gasteiger partial charge is 0.494 e. The number of hydrogen-bond acceptors (Lipinski definition) is 5. The highest BCUT2D eigenvalue weighted by molar-refractivity contribution is 6.27. The van der Waals surface area contributed by atoms with Gasteiger partial charge in [0.2, 0.25) is 0 Å². The molecule has 0 saturated heterocycles. The van der Waals surface area contributed by atoms with Crippen molar-refractivity contribution < 1.29 is 29.6 Å². The van der Waals surface area contributed by atoms with Gasteiger partial charge in [0.1, 0.15) is 5.75 Å². The lowest BCUT2D eigenvalue weighted by Gasteiger charge is -2.10. The minimum atomic E-state index is -1.82. The number of rotatable bonds is 10. The number of carbonyl (C=O) groups is 2.